The lowest BCUT2D eigenvalue weighted by Gasteiger charge is -2.04. The van der Waals surface area contributed by atoms with E-state index in [0.717, 1.165) is 16.9 Å². The summed E-state index contributed by atoms with van der Waals surface area (Å²) < 4.78 is 5.04. The number of carbonyl (C=O) groups is 2. The third-order valence-electron chi connectivity index (χ3n) is 3.23. The largest absolute Gasteiger partial charge is 0.462 e. The lowest BCUT2D eigenvalue weighted by Crippen LogP contribution is -2.11. The van der Waals surface area contributed by atoms with Crippen LogP contribution < -0.4 is 11.1 Å². The molecule has 0 unspecified atom stereocenters. The van der Waals surface area contributed by atoms with Crippen molar-refractivity contribution in [3.63, 3.8) is 0 Å². The van der Waals surface area contributed by atoms with Crippen molar-refractivity contribution in [1.82, 2.24) is 0 Å². The lowest BCUT2D eigenvalue weighted by atomic mass is 10.2. The van der Waals surface area contributed by atoms with Crippen molar-refractivity contribution in [2.75, 3.05) is 17.7 Å². The summed E-state index contributed by atoms with van der Waals surface area (Å²) in [5.74, 6) is -0.729. The van der Waals surface area contributed by atoms with Gasteiger partial charge >= 0.3 is 5.97 Å². The number of nitrogens with one attached hydrogen (secondary N) is 1. The van der Waals surface area contributed by atoms with Crippen molar-refractivity contribution < 1.29 is 14.3 Å². The quantitative estimate of drug-likeness (QED) is 0.475. The summed E-state index contributed by atoms with van der Waals surface area (Å²) in [5.41, 5.74) is 7.55. The molecule has 3 N–H and O–H groups in total. The number of anilines is 2. The van der Waals surface area contributed by atoms with Crippen LogP contribution in [-0.4, -0.2) is 18.5 Å². The van der Waals surface area contributed by atoms with E-state index in [0.29, 0.717) is 22.9 Å². The lowest BCUT2D eigenvalue weighted by molar-refractivity contribution is -0.111. The zero-order valence-electron chi connectivity index (χ0n) is 13.7. The molecular weight excluding hydrogens is 324 g/mol. The van der Waals surface area contributed by atoms with Crippen molar-refractivity contribution in [1.29, 1.82) is 0 Å². The molecule has 0 fully saturated rings. The average molecular weight is 344 g/mol. The second kappa shape index (κ2) is 8.31. The fraction of sp³-hybridized carbons (Fsp3) is 0.222. The van der Waals surface area contributed by atoms with Crippen LogP contribution in [0.1, 0.15) is 34.6 Å². The fourth-order valence-corrected chi connectivity index (χ4v) is 2.99. The second-order valence-corrected chi connectivity index (χ2v) is 6.16. The number of hydrogen-bond acceptors (Lipinski definition) is 5. The molecule has 0 saturated heterocycles. The van der Waals surface area contributed by atoms with Gasteiger partial charge in [0.15, 0.2) is 0 Å². The van der Waals surface area contributed by atoms with Gasteiger partial charge in [-0.25, -0.2) is 4.79 Å². The highest BCUT2D eigenvalue weighted by molar-refractivity contribution is 7.16. The summed E-state index contributed by atoms with van der Waals surface area (Å²) in [6.45, 7) is 4.03. The van der Waals surface area contributed by atoms with E-state index in [1.807, 2.05) is 19.1 Å². The molecule has 1 aromatic carbocycles. The van der Waals surface area contributed by atoms with Gasteiger partial charge in [0.05, 0.1) is 12.2 Å². The Morgan fingerprint density at radius 1 is 1.25 bits per heavy atom. The summed E-state index contributed by atoms with van der Waals surface area (Å²) >= 11 is 1.38. The molecule has 6 heteroatoms. The van der Waals surface area contributed by atoms with Crippen molar-refractivity contribution in [2.45, 2.75) is 20.3 Å². The van der Waals surface area contributed by atoms with Crippen LogP contribution in [0.2, 0.25) is 0 Å². The number of thiophene rings is 1. The van der Waals surface area contributed by atoms with Gasteiger partial charge in [-0.15, -0.1) is 11.3 Å². The molecular formula is C18H20N2O3S. The van der Waals surface area contributed by atoms with Crippen LogP contribution in [0.5, 0.6) is 0 Å². The molecule has 5 nitrogen and oxygen atoms in total. The maximum absolute atomic E-state index is 12.1. The maximum atomic E-state index is 12.1. The van der Waals surface area contributed by atoms with E-state index in [1.165, 1.54) is 17.4 Å². The first-order valence-electron chi connectivity index (χ1n) is 7.68. The molecule has 2 aromatic rings. The van der Waals surface area contributed by atoms with Crippen molar-refractivity contribution in [2.24, 2.45) is 0 Å². The molecule has 2 rings (SSSR count). The third kappa shape index (κ3) is 4.70. The first-order valence-corrected chi connectivity index (χ1v) is 8.49. The van der Waals surface area contributed by atoms with E-state index >= 15 is 0 Å². The smallest absolute Gasteiger partial charge is 0.341 e. The molecule has 0 bridgehead atoms. The zero-order valence-corrected chi connectivity index (χ0v) is 14.5. The van der Waals surface area contributed by atoms with Crippen molar-refractivity contribution in [3.8, 4) is 0 Å². The van der Waals surface area contributed by atoms with Crippen LogP contribution in [0.3, 0.4) is 0 Å². The number of hydrogen-bond donors (Lipinski definition) is 2. The topological polar surface area (TPSA) is 81.4 Å². The molecule has 0 aliphatic rings. The van der Waals surface area contributed by atoms with Gasteiger partial charge < -0.3 is 15.8 Å². The Morgan fingerprint density at radius 3 is 2.58 bits per heavy atom. The minimum atomic E-state index is -0.425. The number of ether oxygens (including phenoxy) is 1. The molecule has 0 aliphatic heterocycles. The maximum Gasteiger partial charge on any atom is 0.341 e. The number of amides is 1. The monoisotopic (exact) mass is 344 g/mol. The molecule has 0 atom stereocenters. The Balaban J connectivity index is 2.11. The summed E-state index contributed by atoms with van der Waals surface area (Å²) in [4.78, 5) is 25.1. The number of nitrogen functional groups attached to an aromatic ring is 1. The number of carbonyl (C=O) groups excluding carboxylic acids is 2. The number of aryl methyl sites for hydroxylation is 1. The first-order chi connectivity index (χ1) is 11.5. The molecule has 0 radical (unpaired) electrons. The third-order valence-corrected chi connectivity index (χ3v) is 4.42. The van der Waals surface area contributed by atoms with Crippen LogP contribution in [0.15, 0.2) is 36.4 Å². The van der Waals surface area contributed by atoms with Gasteiger partial charge in [0, 0.05) is 16.6 Å². The number of benzene rings is 1. The Morgan fingerprint density at radius 2 is 1.96 bits per heavy atom. The molecule has 1 aromatic heterocycles. The Bertz CT molecular complexity index is 748. The molecule has 1 amide bonds. The van der Waals surface area contributed by atoms with E-state index in [9.17, 15) is 9.59 Å². The van der Waals surface area contributed by atoms with E-state index < -0.39 is 5.97 Å². The molecule has 0 spiro atoms. The van der Waals surface area contributed by atoms with Crippen molar-refractivity contribution >= 4 is 40.0 Å². The highest BCUT2D eigenvalue weighted by Gasteiger charge is 2.17. The number of rotatable bonds is 6. The Hall–Kier alpha value is -2.60. The summed E-state index contributed by atoms with van der Waals surface area (Å²) in [7, 11) is 0. The predicted octanol–water partition coefficient (Wildman–Crippen LogP) is 3.72. The first kappa shape index (κ1) is 17.7. The summed E-state index contributed by atoms with van der Waals surface area (Å²) in [6, 6.07) is 8.95. The summed E-state index contributed by atoms with van der Waals surface area (Å²) in [6.07, 6.45) is 3.90. The van der Waals surface area contributed by atoms with Gasteiger partial charge in [0.2, 0.25) is 5.91 Å². The Labute approximate surface area is 145 Å². The molecule has 24 heavy (non-hydrogen) atoms. The zero-order chi connectivity index (χ0) is 17.5. The molecule has 0 aliphatic carbocycles. The van der Waals surface area contributed by atoms with Gasteiger partial charge in [-0.05, 0) is 43.2 Å². The van der Waals surface area contributed by atoms with Gasteiger partial charge in [0.25, 0.3) is 0 Å². The van der Waals surface area contributed by atoms with Crippen LogP contribution >= 0.6 is 11.3 Å². The van der Waals surface area contributed by atoms with Gasteiger partial charge in [-0.1, -0.05) is 19.1 Å². The number of esters is 1. The SMILES string of the molecule is CCOC(=O)c1cc(CC)sc1NC(=O)/C=C/c1ccc(N)cc1. The molecule has 1 heterocycles. The average Bonchev–Trinajstić information content (AvgIpc) is 2.97. The minimum absolute atomic E-state index is 0.292. The second-order valence-electron chi connectivity index (χ2n) is 5.02. The highest BCUT2D eigenvalue weighted by Crippen LogP contribution is 2.29. The normalized spacial score (nSPS) is 10.8. The van der Waals surface area contributed by atoms with Gasteiger partial charge in [0.1, 0.15) is 5.00 Å². The van der Waals surface area contributed by atoms with Gasteiger partial charge in [-0.2, -0.15) is 0 Å². The standard InChI is InChI=1S/C18H20N2O3S/c1-3-14-11-15(18(22)23-4-2)17(24-14)20-16(21)10-7-12-5-8-13(19)9-6-12/h5-11H,3-4,19H2,1-2H3,(H,20,21)/b10-7+. The fourth-order valence-electron chi connectivity index (χ4n) is 2.00. The van der Waals surface area contributed by atoms with Crippen LogP contribution in [0.25, 0.3) is 6.08 Å². The molecule has 0 saturated carbocycles. The molecule has 126 valence electrons. The summed E-state index contributed by atoms with van der Waals surface area (Å²) in [5, 5.41) is 3.26. The van der Waals surface area contributed by atoms with Crippen LogP contribution in [-0.2, 0) is 16.0 Å². The Kier molecular flexibility index (Phi) is 6.14. The van der Waals surface area contributed by atoms with E-state index in [2.05, 4.69) is 5.32 Å². The van der Waals surface area contributed by atoms with E-state index in [-0.39, 0.29) is 5.91 Å². The van der Waals surface area contributed by atoms with E-state index in [1.54, 1.807) is 31.2 Å². The predicted molar refractivity (Wildman–Crippen MR) is 98.2 cm³/mol. The van der Waals surface area contributed by atoms with Crippen LogP contribution in [0, 0.1) is 0 Å². The van der Waals surface area contributed by atoms with E-state index in [4.69, 9.17) is 10.5 Å². The highest BCUT2D eigenvalue weighted by atomic mass is 32.1. The van der Waals surface area contributed by atoms with Crippen molar-refractivity contribution in [3.05, 3.63) is 52.4 Å². The minimum Gasteiger partial charge on any atom is -0.462 e. The van der Waals surface area contributed by atoms with Crippen LogP contribution in [0.4, 0.5) is 10.7 Å². The number of nitrogens with two attached hydrogens (primary N) is 1. The van der Waals surface area contributed by atoms with Gasteiger partial charge in [-0.3, -0.25) is 4.79 Å².